The molecule has 1 aromatic carbocycles. The van der Waals surface area contributed by atoms with Gasteiger partial charge in [0.25, 0.3) is 0 Å². The van der Waals surface area contributed by atoms with Crippen molar-refractivity contribution in [3.05, 3.63) is 53.2 Å². The molecular formula is C22H20N6OS2. The second kappa shape index (κ2) is 7.87. The van der Waals surface area contributed by atoms with Crippen LogP contribution in [-0.2, 0) is 4.79 Å². The molecule has 5 rings (SSSR count). The Morgan fingerprint density at radius 3 is 2.45 bits per heavy atom. The summed E-state index contributed by atoms with van der Waals surface area (Å²) in [6.07, 6.45) is 2.19. The maximum Gasteiger partial charge on any atom is 0.192 e. The van der Waals surface area contributed by atoms with Crippen molar-refractivity contribution >= 4 is 40.3 Å². The Balaban J connectivity index is 1.40. The average Bonchev–Trinajstić information content (AvgIpc) is 3.21. The fourth-order valence-corrected chi connectivity index (χ4v) is 5.45. The number of nitriles is 1. The number of anilines is 2. The molecule has 0 saturated heterocycles. The van der Waals surface area contributed by atoms with Crippen molar-refractivity contribution in [3.8, 4) is 16.8 Å². The van der Waals surface area contributed by atoms with Crippen LogP contribution in [-0.4, -0.2) is 40.4 Å². The molecule has 0 radical (unpaired) electrons. The lowest BCUT2D eigenvalue weighted by molar-refractivity contribution is -0.112. The van der Waals surface area contributed by atoms with E-state index in [1.807, 2.05) is 65.7 Å². The summed E-state index contributed by atoms with van der Waals surface area (Å²) >= 11 is 2.98. The zero-order chi connectivity index (χ0) is 21.5. The Hall–Kier alpha value is -3.09. The van der Waals surface area contributed by atoms with Gasteiger partial charge in [0, 0.05) is 20.1 Å². The minimum atomic E-state index is -0.211. The van der Waals surface area contributed by atoms with Gasteiger partial charge in [0.05, 0.1) is 22.0 Å². The van der Waals surface area contributed by atoms with Crippen molar-refractivity contribution in [2.24, 2.45) is 0 Å². The van der Waals surface area contributed by atoms with Crippen molar-refractivity contribution in [2.75, 3.05) is 29.6 Å². The van der Waals surface area contributed by atoms with E-state index in [2.05, 4.69) is 20.8 Å². The highest BCUT2D eigenvalue weighted by molar-refractivity contribution is 7.99. The number of thiophene rings is 1. The molecule has 1 fully saturated rings. The number of Topliss-reactive ketones (excluding diaryl/α,β-unsaturated/α-hetero) is 1. The third kappa shape index (κ3) is 3.42. The highest BCUT2D eigenvalue weighted by Gasteiger charge is 2.33. The molecule has 156 valence electrons. The fraction of sp³-hybridized carbons (Fsp3) is 0.273. The van der Waals surface area contributed by atoms with Crippen LogP contribution in [0.15, 0.2) is 58.3 Å². The van der Waals surface area contributed by atoms with Gasteiger partial charge in [-0.3, -0.25) is 9.36 Å². The van der Waals surface area contributed by atoms with Crippen LogP contribution in [0.3, 0.4) is 0 Å². The lowest BCUT2D eigenvalue weighted by atomic mass is 10.2. The van der Waals surface area contributed by atoms with E-state index in [1.165, 1.54) is 11.8 Å². The van der Waals surface area contributed by atoms with Gasteiger partial charge in [0.2, 0.25) is 0 Å². The Morgan fingerprint density at radius 2 is 1.87 bits per heavy atom. The van der Waals surface area contributed by atoms with Gasteiger partial charge in [-0.25, -0.2) is 0 Å². The fourth-order valence-electron chi connectivity index (χ4n) is 3.87. The molecule has 0 unspecified atom stereocenters. The summed E-state index contributed by atoms with van der Waals surface area (Å²) in [4.78, 5) is 18.0. The topological polar surface area (TPSA) is 78.0 Å². The lowest BCUT2D eigenvalue weighted by Crippen LogP contribution is -2.26. The molecule has 31 heavy (non-hydrogen) atoms. The predicted molar refractivity (Wildman–Crippen MR) is 123 cm³/mol. The number of nitrogens with zero attached hydrogens (tertiary/aromatic N) is 6. The number of allylic oxidation sites excluding steroid dienone is 1. The van der Waals surface area contributed by atoms with Crippen LogP contribution in [0.2, 0.25) is 0 Å². The number of rotatable bonds is 6. The van der Waals surface area contributed by atoms with E-state index in [0.29, 0.717) is 11.9 Å². The standard InChI is InChI=1S/C22H20N6OS2/c1-26-16-6-3-4-7-17(16)27(2)21(26)15(12-23)18(29)13-31-22-25-24-20(19-8-5-11-30-19)28(22)14-9-10-14/h3-8,11,14H,9-10,13H2,1-2H3. The van der Waals surface area contributed by atoms with Crippen LogP contribution in [0.5, 0.6) is 0 Å². The smallest absolute Gasteiger partial charge is 0.192 e. The second-order valence-corrected chi connectivity index (χ2v) is 9.40. The van der Waals surface area contributed by atoms with Gasteiger partial charge in [0.1, 0.15) is 17.5 Å². The van der Waals surface area contributed by atoms with E-state index in [9.17, 15) is 10.1 Å². The summed E-state index contributed by atoms with van der Waals surface area (Å²) in [6.45, 7) is 0. The molecule has 1 aliphatic heterocycles. The van der Waals surface area contributed by atoms with Crippen molar-refractivity contribution < 1.29 is 4.79 Å². The highest BCUT2D eigenvalue weighted by Crippen LogP contribution is 2.43. The third-order valence-electron chi connectivity index (χ3n) is 5.50. The van der Waals surface area contributed by atoms with E-state index >= 15 is 0 Å². The van der Waals surface area contributed by atoms with Crippen LogP contribution in [0.1, 0.15) is 18.9 Å². The SMILES string of the molecule is CN1C(=C(C#N)C(=O)CSc2nnc(-c3cccs3)n2C2CC2)N(C)c2ccccc21. The molecule has 0 amide bonds. The molecule has 1 saturated carbocycles. The van der Waals surface area contributed by atoms with Crippen LogP contribution in [0.25, 0.3) is 10.7 Å². The molecule has 0 atom stereocenters. The quantitative estimate of drug-likeness (QED) is 0.316. The summed E-state index contributed by atoms with van der Waals surface area (Å²) in [5, 5.41) is 21.3. The Morgan fingerprint density at radius 1 is 1.16 bits per heavy atom. The Kier molecular flexibility index (Phi) is 5.04. The third-order valence-corrected chi connectivity index (χ3v) is 7.31. The van der Waals surface area contributed by atoms with Gasteiger partial charge < -0.3 is 9.80 Å². The van der Waals surface area contributed by atoms with Crippen molar-refractivity contribution in [3.63, 3.8) is 0 Å². The first-order valence-corrected chi connectivity index (χ1v) is 11.8. The number of para-hydroxylation sites is 2. The summed E-state index contributed by atoms with van der Waals surface area (Å²) in [6, 6.07) is 14.4. The van der Waals surface area contributed by atoms with Gasteiger partial charge in [-0.2, -0.15) is 5.26 Å². The molecule has 9 heteroatoms. The van der Waals surface area contributed by atoms with Gasteiger partial charge in [-0.1, -0.05) is 30.0 Å². The number of fused-ring (bicyclic) bond motifs is 1. The number of hydrogen-bond acceptors (Lipinski definition) is 8. The molecule has 1 aliphatic carbocycles. The largest absolute Gasteiger partial charge is 0.328 e. The zero-order valence-electron chi connectivity index (χ0n) is 17.1. The summed E-state index contributed by atoms with van der Waals surface area (Å²) < 4.78 is 2.15. The van der Waals surface area contributed by atoms with E-state index in [1.54, 1.807) is 11.3 Å². The first-order chi connectivity index (χ1) is 15.1. The molecule has 0 spiro atoms. The number of ketones is 1. The molecule has 7 nitrogen and oxygen atoms in total. The molecule has 3 aromatic rings. The van der Waals surface area contributed by atoms with Gasteiger partial charge >= 0.3 is 0 Å². The molecule has 2 aliphatic rings. The maximum absolute atomic E-state index is 13.1. The number of benzene rings is 1. The number of thioether (sulfide) groups is 1. The summed E-state index contributed by atoms with van der Waals surface area (Å²) in [5.41, 5.74) is 2.11. The summed E-state index contributed by atoms with van der Waals surface area (Å²) in [5.74, 6) is 1.39. The van der Waals surface area contributed by atoms with E-state index in [0.717, 1.165) is 40.1 Å². The van der Waals surface area contributed by atoms with Crippen molar-refractivity contribution in [1.82, 2.24) is 14.8 Å². The monoisotopic (exact) mass is 448 g/mol. The molecule has 2 aromatic heterocycles. The lowest BCUT2D eigenvalue weighted by Gasteiger charge is -2.19. The van der Waals surface area contributed by atoms with E-state index in [4.69, 9.17) is 0 Å². The van der Waals surface area contributed by atoms with Crippen LogP contribution in [0.4, 0.5) is 11.4 Å². The molecular weight excluding hydrogens is 428 g/mol. The average molecular weight is 449 g/mol. The second-order valence-electron chi connectivity index (χ2n) is 7.51. The number of hydrogen-bond donors (Lipinski definition) is 0. The zero-order valence-corrected chi connectivity index (χ0v) is 18.8. The minimum absolute atomic E-state index is 0.139. The molecule has 0 bridgehead atoms. The van der Waals surface area contributed by atoms with Crippen LogP contribution in [0, 0.1) is 11.3 Å². The maximum atomic E-state index is 13.1. The van der Waals surface area contributed by atoms with Crippen LogP contribution < -0.4 is 9.80 Å². The summed E-state index contributed by atoms with van der Waals surface area (Å²) in [7, 11) is 3.76. The first kappa shape index (κ1) is 19.8. The van der Waals surface area contributed by atoms with Gasteiger partial charge in [-0.05, 0) is 36.4 Å². The molecule has 3 heterocycles. The first-order valence-electron chi connectivity index (χ1n) is 9.95. The van der Waals surface area contributed by atoms with Gasteiger partial charge in [-0.15, -0.1) is 21.5 Å². The van der Waals surface area contributed by atoms with Crippen LogP contribution >= 0.6 is 23.1 Å². The van der Waals surface area contributed by atoms with Gasteiger partial charge in [0.15, 0.2) is 16.8 Å². The number of carbonyl (C=O) groups is 1. The van der Waals surface area contributed by atoms with Crippen molar-refractivity contribution in [1.29, 1.82) is 5.26 Å². The number of aromatic nitrogens is 3. The normalized spacial score (nSPS) is 15.2. The van der Waals surface area contributed by atoms with E-state index in [-0.39, 0.29) is 17.1 Å². The van der Waals surface area contributed by atoms with E-state index < -0.39 is 0 Å². The molecule has 0 N–H and O–H groups in total. The number of carbonyl (C=O) groups excluding carboxylic acids is 1. The van der Waals surface area contributed by atoms with Crippen molar-refractivity contribution in [2.45, 2.75) is 24.0 Å². The predicted octanol–water partition coefficient (Wildman–Crippen LogP) is 4.32. The Labute approximate surface area is 188 Å². The minimum Gasteiger partial charge on any atom is -0.328 e. The highest BCUT2D eigenvalue weighted by atomic mass is 32.2. The Bertz CT molecular complexity index is 1190.